The lowest BCUT2D eigenvalue weighted by Crippen LogP contribution is -2.08. The fourth-order valence-electron chi connectivity index (χ4n) is 1.25. The first-order chi connectivity index (χ1) is 7.38. The number of benzene rings is 1. The monoisotopic (exact) mass is 243 g/mol. The van der Waals surface area contributed by atoms with Crippen molar-refractivity contribution in [2.45, 2.75) is 13.3 Å². The molecule has 2 N–H and O–H groups in total. The van der Waals surface area contributed by atoms with Gasteiger partial charge in [0, 0.05) is 11.9 Å². The van der Waals surface area contributed by atoms with Crippen molar-refractivity contribution in [2.24, 2.45) is 0 Å². The van der Waals surface area contributed by atoms with Gasteiger partial charge in [-0.1, -0.05) is 0 Å². The number of hydrogen-bond acceptors (Lipinski definition) is 4. The van der Waals surface area contributed by atoms with E-state index < -0.39 is 9.84 Å². The second-order valence-electron chi connectivity index (χ2n) is 3.85. The lowest BCUT2D eigenvalue weighted by Gasteiger charge is -2.07. The Kier molecular flexibility index (Phi) is 4.18. The zero-order chi connectivity index (χ0) is 12.2. The van der Waals surface area contributed by atoms with Gasteiger partial charge in [-0.15, -0.1) is 0 Å². The predicted octanol–water partition coefficient (Wildman–Crippen LogP) is 1.39. The molecule has 0 spiro atoms. The SMILES string of the molecule is Cc1cc(OCCCS(C)(=O)=O)ccc1N. The number of sulfone groups is 1. The van der Waals surface area contributed by atoms with Crippen molar-refractivity contribution >= 4 is 15.5 Å². The van der Waals surface area contributed by atoms with Gasteiger partial charge >= 0.3 is 0 Å². The number of hydrogen-bond donors (Lipinski definition) is 1. The van der Waals surface area contributed by atoms with Crippen molar-refractivity contribution in [3.8, 4) is 5.75 Å². The maximum absolute atomic E-state index is 10.9. The van der Waals surface area contributed by atoms with E-state index in [0.717, 1.165) is 17.0 Å². The van der Waals surface area contributed by atoms with E-state index in [1.165, 1.54) is 6.26 Å². The first-order valence-electron chi connectivity index (χ1n) is 5.05. The van der Waals surface area contributed by atoms with E-state index in [9.17, 15) is 8.42 Å². The zero-order valence-electron chi connectivity index (χ0n) is 9.56. The molecule has 5 heteroatoms. The van der Waals surface area contributed by atoms with Crippen molar-refractivity contribution in [3.05, 3.63) is 23.8 Å². The molecule has 0 amide bonds. The third kappa shape index (κ3) is 4.53. The fourth-order valence-corrected chi connectivity index (χ4v) is 1.89. The molecule has 1 aromatic carbocycles. The van der Waals surface area contributed by atoms with E-state index in [1.54, 1.807) is 12.1 Å². The molecule has 90 valence electrons. The Morgan fingerprint density at radius 3 is 2.62 bits per heavy atom. The summed E-state index contributed by atoms with van der Waals surface area (Å²) in [5, 5.41) is 0. The van der Waals surface area contributed by atoms with Crippen molar-refractivity contribution in [1.82, 2.24) is 0 Å². The van der Waals surface area contributed by atoms with Crippen LogP contribution in [-0.2, 0) is 9.84 Å². The van der Waals surface area contributed by atoms with Crippen LogP contribution in [0.5, 0.6) is 5.75 Å². The van der Waals surface area contributed by atoms with Crippen LogP contribution in [0.1, 0.15) is 12.0 Å². The van der Waals surface area contributed by atoms with Gasteiger partial charge in [0.2, 0.25) is 0 Å². The van der Waals surface area contributed by atoms with Crippen LogP contribution in [0.15, 0.2) is 18.2 Å². The quantitative estimate of drug-likeness (QED) is 0.626. The third-order valence-electron chi connectivity index (χ3n) is 2.17. The van der Waals surface area contributed by atoms with Gasteiger partial charge in [0.1, 0.15) is 15.6 Å². The second-order valence-corrected chi connectivity index (χ2v) is 6.11. The smallest absolute Gasteiger partial charge is 0.147 e. The molecule has 4 nitrogen and oxygen atoms in total. The van der Waals surface area contributed by atoms with Crippen molar-refractivity contribution < 1.29 is 13.2 Å². The van der Waals surface area contributed by atoms with Gasteiger partial charge in [0.05, 0.1) is 12.4 Å². The summed E-state index contributed by atoms with van der Waals surface area (Å²) in [7, 11) is -2.89. The van der Waals surface area contributed by atoms with Crippen LogP contribution in [0.2, 0.25) is 0 Å². The number of aryl methyl sites for hydroxylation is 1. The Morgan fingerprint density at radius 2 is 2.06 bits per heavy atom. The van der Waals surface area contributed by atoms with Gasteiger partial charge in [0.25, 0.3) is 0 Å². The zero-order valence-corrected chi connectivity index (χ0v) is 10.4. The molecule has 0 heterocycles. The molecule has 0 aromatic heterocycles. The minimum atomic E-state index is -2.89. The van der Waals surface area contributed by atoms with Gasteiger partial charge in [-0.05, 0) is 37.1 Å². The van der Waals surface area contributed by atoms with Crippen LogP contribution in [-0.4, -0.2) is 27.0 Å². The molecule has 1 rings (SSSR count). The average molecular weight is 243 g/mol. The number of nitrogens with two attached hydrogens (primary N) is 1. The van der Waals surface area contributed by atoms with Gasteiger partial charge in [-0.2, -0.15) is 0 Å². The molecule has 0 unspecified atom stereocenters. The molecule has 0 aliphatic carbocycles. The first-order valence-corrected chi connectivity index (χ1v) is 7.11. The lowest BCUT2D eigenvalue weighted by atomic mass is 10.2. The minimum absolute atomic E-state index is 0.154. The predicted molar refractivity (Wildman–Crippen MR) is 65.4 cm³/mol. The van der Waals surface area contributed by atoms with E-state index in [4.69, 9.17) is 10.5 Å². The summed E-state index contributed by atoms with van der Waals surface area (Å²) in [6, 6.07) is 5.40. The Hall–Kier alpha value is -1.23. The Labute approximate surface area is 96.3 Å². The highest BCUT2D eigenvalue weighted by Crippen LogP contribution is 2.18. The average Bonchev–Trinajstić information content (AvgIpc) is 2.17. The number of ether oxygens (including phenoxy) is 1. The molecule has 0 aliphatic rings. The second kappa shape index (κ2) is 5.21. The summed E-state index contributed by atoms with van der Waals surface area (Å²) < 4.78 is 27.2. The summed E-state index contributed by atoms with van der Waals surface area (Å²) in [6.07, 6.45) is 1.72. The Bertz CT molecular complexity index is 454. The largest absolute Gasteiger partial charge is 0.494 e. The van der Waals surface area contributed by atoms with Crippen LogP contribution >= 0.6 is 0 Å². The first kappa shape index (κ1) is 12.8. The molecule has 0 bridgehead atoms. The van der Waals surface area contributed by atoms with Crippen LogP contribution in [0.4, 0.5) is 5.69 Å². The summed E-state index contributed by atoms with van der Waals surface area (Å²) >= 11 is 0. The van der Waals surface area contributed by atoms with E-state index >= 15 is 0 Å². The van der Waals surface area contributed by atoms with Gasteiger partial charge < -0.3 is 10.5 Å². The number of rotatable bonds is 5. The Morgan fingerprint density at radius 1 is 1.38 bits per heavy atom. The van der Waals surface area contributed by atoms with Crippen LogP contribution in [0.3, 0.4) is 0 Å². The standard InChI is InChI=1S/C11H17NO3S/c1-9-8-10(4-5-11(9)12)15-6-3-7-16(2,13)14/h4-5,8H,3,6-7,12H2,1-2H3. The molecule has 0 atom stereocenters. The molecule has 0 saturated carbocycles. The number of anilines is 1. The molecule has 16 heavy (non-hydrogen) atoms. The maximum atomic E-state index is 10.9. The van der Waals surface area contributed by atoms with E-state index in [0.29, 0.717) is 13.0 Å². The normalized spacial score (nSPS) is 11.4. The highest BCUT2D eigenvalue weighted by molar-refractivity contribution is 7.90. The maximum Gasteiger partial charge on any atom is 0.147 e. The molecule has 0 aliphatic heterocycles. The third-order valence-corrected chi connectivity index (χ3v) is 3.20. The molecular weight excluding hydrogens is 226 g/mol. The van der Waals surface area contributed by atoms with Crippen molar-refractivity contribution in [2.75, 3.05) is 24.3 Å². The van der Waals surface area contributed by atoms with Crippen LogP contribution in [0.25, 0.3) is 0 Å². The van der Waals surface area contributed by atoms with Gasteiger partial charge in [0.15, 0.2) is 0 Å². The minimum Gasteiger partial charge on any atom is -0.494 e. The Balaban J connectivity index is 2.41. The highest BCUT2D eigenvalue weighted by Gasteiger charge is 2.02. The summed E-state index contributed by atoms with van der Waals surface area (Å²) in [5.41, 5.74) is 7.35. The van der Waals surface area contributed by atoms with E-state index in [-0.39, 0.29) is 5.75 Å². The summed E-state index contributed by atoms with van der Waals surface area (Å²) in [4.78, 5) is 0. The lowest BCUT2D eigenvalue weighted by molar-refractivity contribution is 0.317. The summed E-state index contributed by atoms with van der Waals surface area (Å²) in [5.74, 6) is 0.876. The fraction of sp³-hybridized carbons (Fsp3) is 0.455. The topological polar surface area (TPSA) is 69.4 Å². The molecule has 0 radical (unpaired) electrons. The van der Waals surface area contributed by atoms with Crippen LogP contribution < -0.4 is 10.5 Å². The number of nitrogen functional groups attached to an aromatic ring is 1. The van der Waals surface area contributed by atoms with Gasteiger partial charge in [-0.25, -0.2) is 8.42 Å². The van der Waals surface area contributed by atoms with Crippen molar-refractivity contribution in [3.63, 3.8) is 0 Å². The van der Waals surface area contributed by atoms with Crippen LogP contribution in [0, 0.1) is 6.92 Å². The summed E-state index contributed by atoms with van der Waals surface area (Å²) in [6.45, 7) is 2.30. The highest BCUT2D eigenvalue weighted by atomic mass is 32.2. The molecule has 0 saturated heterocycles. The van der Waals surface area contributed by atoms with Gasteiger partial charge in [-0.3, -0.25) is 0 Å². The molecule has 0 fully saturated rings. The molecule has 1 aromatic rings. The van der Waals surface area contributed by atoms with E-state index in [1.807, 2.05) is 13.0 Å². The molecular formula is C11H17NO3S. The van der Waals surface area contributed by atoms with E-state index in [2.05, 4.69) is 0 Å². The van der Waals surface area contributed by atoms with Crippen molar-refractivity contribution in [1.29, 1.82) is 0 Å².